The Morgan fingerprint density at radius 2 is 2.11 bits per heavy atom. The molecule has 0 spiro atoms. The molecule has 0 aromatic carbocycles. The van der Waals surface area contributed by atoms with Gasteiger partial charge in [-0.15, -0.1) is 0 Å². The second kappa shape index (κ2) is 7.80. The fourth-order valence-electron chi connectivity index (χ4n) is 3.79. The maximum Gasteiger partial charge on any atom is 0.317 e. The summed E-state index contributed by atoms with van der Waals surface area (Å²) in [5, 5.41) is 11.8. The highest BCUT2D eigenvalue weighted by Crippen LogP contribution is 2.49. The monoisotopic (exact) mass is 377 g/mol. The van der Waals surface area contributed by atoms with Crippen LogP contribution >= 0.6 is 0 Å². The Morgan fingerprint density at radius 1 is 1.44 bits per heavy atom. The van der Waals surface area contributed by atoms with Crippen LogP contribution in [0.1, 0.15) is 45.2 Å². The van der Waals surface area contributed by atoms with Crippen molar-refractivity contribution in [1.82, 2.24) is 4.98 Å². The number of methoxy groups -OCH3 is 1. The Kier molecular flexibility index (Phi) is 5.64. The number of pyridine rings is 1. The van der Waals surface area contributed by atoms with Gasteiger partial charge in [-0.3, -0.25) is 19.9 Å². The molecule has 8 nitrogen and oxygen atoms in total. The standard InChI is InChI=1S/C19H27N3O5/c1-13(2)12-21(14-4-8-27-9-5-14)16-11-20-17(10-15(16)22(24)25)19(6-7-19)18(23)26-3/h10-11,13-14H,4-9,12H2,1-3H3. The van der Waals surface area contributed by atoms with E-state index in [0.29, 0.717) is 49.9 Å². The van der Waals surface area contributed by atoms with Gasteiger partial charge in [0.1, 0.15) is 11.1 Å². The third-order valence-corrected chi connectivity index (χ3v) is 5.38. The summed E-state index contributed by atoms with van der Waals surface area (Å²) in [6, 6.07) is 1.65. The summed E-state index contributed by atoms with van der Waals surface area (Å²) < 4.78 is 10.3. The Bertz CT molecular complexity index is 711. The van der Waals surface area contributed by atoms with Gasteiger partial charge < -0.3 is 14.4 Å². The molecule has 1 aromatic heterocycles. The average Bonchev–Trinajstić information content (AvgIpc) is 3.47. The van der Waals surface area contributed by atoms with E-state index in [0.717, 1.165) is 12.8 Å². The molecular weight excluding hydrogens is 350 g/mol. The van der Waals surface area contributed by atoms with Crippen LogP contribution in [0.3, 0.4) is 0 Å². The van der Waals surface area contributed by atoms with Crippen molar-refractivity contribution in [2.24, 2.45) is 5.92 Å². The second-order valence-electron chi connectivity index (χ2n) is 7.78. The summed E-state index contributed by atoms with van der Waals surface area (Å²) in [5.74, 6) is -0.0301. The molecule has 1 aliphatic heterocycles. The SMILES string of the molecule is COC(=O)C1(c2cc([N+](=O)[O-])c(N(CC(C)C)C3CCOCC3)cn2)CC1. The van der Waals surface area contributed by atoms with Crippen LogP contribution in [0.4, 0.5) is 11.4 Å². The molecule has 148 valence electrons. The van der Waals surface area contributed by atoms with E-state index in [1.165, 1.54) is 13.2 Å². The molecule has 1 saturated heterocycles. The van der Waals surface area contributed by atoms with Crippen LogP contribution < -0.4 is 4.90 Å². The fraction of sp³-hybridized carbons (Fsp3) is 0.684. The smallest absolute Gasteiger partial charge is 0.317 e. The molecule has 0 atom stereocenters. The minimum atomic E-state index is -0.820. The van der Waals surface area contributed by atoms with Crippen LogP contribution in [0.15, 0.2) is 12.3 Å². The third kappa shape index (κ3) is 3.90. The van der Waals surface area contributed by atoms with Crippen molar-refractivity contribution in [2.75, 3.05) is 31.8 Å². The van der Waals surface area contributed by atoms with Crippen LogP contribution in [-0.2, 0) is 19.7 Å². The first kappa shape index (κ1) is 19.5. The molecule has 0 bridgehead atoms. The first-order valence-corrected chi connectivity index (χ1v) is 9.47. The molecule has 1 aromatic rings. The van der Waals surface area contributed by atoms with Crippen molar-refractivity contribution in [3.8, 4) is 0 Å². The number of ether oxygens (including phenoxy) is 2. The zero-order chi connectivity index (χ0) is 19.6. The summed E-state index contributed by atoms with van der Waals surface area (Å²) in [6.45, 7) is 6.20. The van der Waals surface area contributed by atoms with E-state index in [1.807, 2.05) is 0 Å². The molecule has 2 aliphatic rings. The number of hydrogen-bond acceptors (Lipinski definition) is 7. The summed E-state index contributed by atoms with van der Waals surface area (Å²) >= 11 is 0. The Hall–Kier alpha value is -2.22. The zero-order valence-corrected chi connectivity index (χ0v) is 16.1. The van der Waals surface area contributed by atoms with Crippen LogP contribution in [0.5, 0.6) is 0 Å². The first-order chi connectivity index (χ1) is 12.9. The highest BCUT2D eigenvalue weighted by molar-refractivity contribution is 5.86. The van der Waals surface area contributed by atoms with Crippen LogP contribution in [0.2, 0.25) is 0 Å². The summed E-state index contributed by atoms with van der Waals surface area (Å²) in [6.07, 6.45) is 4.45. The second-order valence-corrected chi connectivity index (χ2v) is 7.78. The summed E-state index contributed by atoms with van der Waals surface area (Å²) in [5.41, 5.74) is 0.133. The van der Waals surface area contributed by atoms with E-state index >= 15 is 0 Å². The molecule has 2 fully saturated rings. The largest absolute Gasteiger partial charge is 0.468 e. The van der Waals surface area contributed by atoms with Gasteiger partial charge in [0.2, 0.25) is 0 Å². The Balaban J connectivity index is 1.99. The van der Waals surface area contributed by atoms with Crippen LogP contribution in [0, 0.1) is 16.0 Å². The van der Waals surface area contributed by atoms with E-state index in [-0.39, 0.29) is 22.6 Å². The lowest BCUT2D eigenvalue weighted by Gasteiger charge is -2.36. The number of carbonyl (C=O) groups is 1. The van der Waals surface area contributed by atoms with E-state index < -0.39 is 5.41 Å². The van der Waals surface area contributed by atoms with Crippen molar-refractivity contribution in [3.05, 3.63) is 28.1 Å². The van der Waals surface area contributed by atoms with Crippen molar-refractivity contribution in [3.63, 3.8) is 0 Å². The van der Waals surface area contributed by atoms with Crippen molar-refractivity contribution in [1.29, 1.82) is 0 Å². The molecule has 2 heterocycles. The number of carbonyl (C=O) groups excluding carboxylic acids is 1. The van der Waals surface area contributed by atoms with Gasteiger partial charge in [0.25, 0.3) is 5.69 Å². The number of rotatable bonds is 7. The van der Waals surface area contributed by atoms with Crippen molar-refractivity contribution < 1.29 is 19.2 Å². The van der Waals surface area contributed by atoms with Crippen LogP contribution in [-0.4, -0.2) is 48.8 Å². The Morgan fingerprint density at radius 3 is 2.63 bits per heavy atom. The third-order valence-electron chi connectivity index (χ3n) is 5.38. The van der Waals surface area contributed by atoms with Gasteiger partial charge >= 0.3 is 5.97 Å². The molecule has 0 unspecified atom stereocenters. The predicted molar refractivity (Wildman–Crippen MR) is 99.8 cm³/mol. The molecule has 8 heteroatoms. The van der Waals surface area contributed by atoms with E-state index in [9.17, 15) is 14.9 Å². The van der Waals surface area contributed by atoms with Gasteiger partial charge in [-0.1, -0.05) is 13.8 Å². The van der Waals surface area contributed by atoms with Gasteiger partial charge in [-0.2, -0.15) is 0 Å². The van der Waals surface area contributed by atoms with Gasteiger partial charge in [0, 0.05) is 31.9 Å². The van der Waals surface area contributed by atoms with Gasteiger partial charge in [-0.05, 0) is 31.6 Å². The lowest BCUT2D eigenvalue weighted by Crippen LogP contribution is -2.42. The predicted octanol–water partition coefficient (Wildman–Crippen LogP) is 2.84. The Labute approximate surface area is 159 Å². The maximum atomic E-state index is 12.1. The molecular formula is C19H27N3O5. The first-order valence-electron chi connectivity index (χ1n) is 9.47. The number of nitro groups is 1. The lowest BCUT2D eigenvalue weighted by molar-refractivity contribution is -0.384. The number of esters is 1. The topological polar surface area (TPSA) is 94.8 Å². The van der Waals surface area contributed by atoms with Crippen molar-refractivity contribution >= 4 is 17.3 Å². The highest BCUT2D eigenvalue weighted by atomic mass is 16.6. The van der Waals surface area contributed by atoms with Crippen molar-refractivity contribution in [2.45, 2.75) is 51.0 Å². The molecule has 1 aliphatic carbocycles. The molecule has 0 amide bonds. The van der Waals surface area contributed by atoms with Gasteiger partial charge in [-0.25, -0.2) is 0 Å². The van der Waals surface area contributed by atoms with Gasteiger partial charge in [0.05, 0.1) is 23.9 Å². The molecule has 1 saturated carbocycles. The average molecular weight is 377 g/mol. The van der Waals surface area contributed by atoms with Gasteiger partial charge in [0.15, 0.2) is 0 Å². The minimum Gasteiger partial charge on any atom is -0.468 e. The fourth-order valence-corrected chi connectivity index (χ4v) is 3.79. The summed E-state index contributed by atoms with van der Waals surface area (Å²) in [4.78, 5) is 30.2. The molecule has 0 N–H and O–H groups in total. The minimum absolute atomic E-state index is 0.00215. The van der Waals surface area contributed by atoms with Crippen LogP contribution in [0.25, 0.3) is 0 Å². The normalized spacial score (nSPS) is 19.0. The van der Waals surface area contributed by atoms with E-state index in [4.69, 9.17) is 9.47 Å². The summed E-state index contributed by atoms with van der Waals surface area (Å²) in [7, 11) is 1.33. The highest BCUT2D eigenvalue weighted by Gasteiger charge is 2.54. The molecule has 3 rings (SSSR count). The molecule has 27 heavy (non-hydrogen) atoms. The maximum absolute atomic E-state index is 12.1. The molecule has 0 radical (unpaired) electrons. The number of anilines is 1. The number of hydrogen-bond donors (Lipinski definition) is 0. The quantitative estimate of drug-likeness (QED) is 0.409. The number of aromatic nitrogens is 1. The number of nitrogens with zero attached hydrogens (tertiary/aromatic N) is 3. The van der Waals surface area contributed by atoms with E-state index in [1.54, 1.807) is 6.20 Å². The zero-order valence-electron chi connectivity index (χ0n) is 16.1. The lowest BCUT2D eigenvalue weighted by atomic mass is 10.00. The van der Waals surface area contributed by atoms with E-state index in [2.05, 4.69) is 23.7 Å².